The number of aliphatic hydroxyl groups is 8. The van der Waals surface area contributed by atoms with Crippen LogP contribution in [-0.4, -0.2) is 140 Å². The van der Waals surface area contributed by atoms with Gasteiger partial charge in [0.1, 0.15) is 48.8 Å². The Kier molecular flexibility index (Phi) is 56.1. The van der Waals surface area contributed by atoms with Crippen molar-refractivity contribution in [1.29, 1.82) is 0 Å². The summed E-state index contributed by atoms with van der Waals surface area (Å²) in [6.07, 6.45) is 60.2. The average Bonchev–Trinajstić information content (AvgIpc) is 2.53. The highest BCUT2D eigenvalue weighted by atomic mass is 16.7. The summed E-state index contributed by atoms with van der Waals surface area (Å²) < 4.78 is 23.0. The Morgan fingerprint density at radius 1 is 0.404 bits per heavy atom. The van der Waals surface area contributed by atoms with Gasteiger partial charge in [-0.05, 0) is 51.4 Å². The van der Waals surface area contributed by atoms with Crippen molar-refractivity contribution in [2.45, 2.75) is 415 Å². The van der Waals surface area contributed by atoms with Gasteiger partial charge in [-0.3, -0.25) is 4.79 Å². The number of carbonyl (C=O) groups is 1. The third-order valence-corrected chi connectivity index (χ3v) is 18.6. The van der Waals surface area contributed by atoms with E-state index in [1.165, 1.54) is 250 Å². The molecule has 0 bridgehead atoms. The summed E-state index contributed by atoms with van der Waals surface area (Å²) in [6.45, 7) is 2.91. The second-order valence-electron chi connectivity index (χ2n) is 26.8. The summed E-state index contributed by atoms with van der Waals surface area (Å²) in [4.78, 5) is 13.4. The van der Waals surface area contributed by atoms with Crippen LogP contribution in [0, 0.1) is 0 Å². The first-order valence-electron chi connectivity index (χ1n) is 37.7. The highest BCUT2D eigenvalue weighted by Crippen LogP contribution is 2.30. The maximum atomic E-state index is 13.4. The topological polar surface area (TPSA) is 228 Å². The molecule has 2 rings (SSSR count). The molecule has 0 aromatic rings. The highest BCUT2D eigenvalue weighted by Gasteiger charge is 2.51. The van der Waals surface area contributed by atoms with E-state index in [9.17, 15) is 45.6 Å². The summed E-state index contributed by atoms with van der Waals surface area (Å²) in [6, 6.07) is -0.830. The predicted molar refractivity (Wildman–Crippen MR) is 365 cm³/mol. The normalized spacial score (nSPS) is 23.2. The quantitative estimate of drug-likeness (QED) is 0.0204. The van der Waals surface area contributed by atoms with Crippen LogP contribution in [0.5, 0.6) is 0 Å². The molecular weight excluding hydrogens is 1120 g/mol. The minimum absolute atomic E-state index is 0.201. The lowest BCUT2D eigenvalue weighted by molar-refractivity contribution is -0.359. The van der Waals surface area contributed by atoms with Crippen molar-refractivity contribution in [2.24, 2.45) is 0 Å². The van der Waals surface area contributed by atoms with Gasteiger partial charge < -0.3 is 65.1 Å². The van der Waals surface area contributed by atoms with Gasteiger partial charge in [0.05, 0.1) is 32.0 Å². The van der Waals surface area contributed by atoms with Crippen molar-refractivity contribution < 1.29 is 64.6 Å². The molecule has 0 spiro atoms. The SMILES string of the molecule is CCCCCCC/C=C\C/C=C\C/C=C\CCCCCCCCCCCCCCCCCCC(=O)NC(COC1OC(CO)C(OC2OC(CO)C(O)C(O)C2O)C(O)C1O)C(O)CCCCCCCCCCCCCCCCCCCCCCCCCC. The highest BCUT2D eigenvalue weighted by molar-refractivity contribution is 5.76. The van der Waals surface area contributed by atoms with Crippen LogP contribution in [0.1, 0.15) is 341 Å². The van der Waals surface area contributed by atoms with Crippen LogP contribution in [0.3, 0.4) is 0 Å². The first-order chi connectivity index (χ1) is 43.6. The number of ether oxygens (including phenoxy) is 4. The van der Waals surface area contributed by atoms with Crippen LogP contribution >= 0.6 is 0 Å². The number of hydrogen-bond donors (Lipinski definition) is 9. The monoisotopic (exact) mass is 1260 g/mol. The minimum Gasteiger partial charge on any atom is -0.394 e. The lowest BCUT2D eigenvalue weighted by Crippen LogP contribution is -2.65. The Bertz CT molecular complexity index is 1630. The van der Waals surface area contributed by atoms with Gasteiger partial charge in [0.15, 0.2) is 12.6 Å². The van der Waals surface area contributed by atoms with Crippen LogP contribution in [0.25, 0.3) is 0 Å². The number of hydrogen-bond acceptors (Lipinski definition) is 13. The second kappa shape index (κ2) is 59.9. The van der Waals surface area contributed by atoms with E-state index >= 15 is 0 Å². The molecule has 2 fully saturated rings. The Balaban J connectivity index is 1.63. The van der Waals surface area contributed by atoms with E-state index in [4.69, 9.17) is 18.9 Å². The molecule has 12 atom stereocenters. The molecule has 1 amide bonds. The van der Waals surface area contributed by atoms with E-state index in [0.717, 1.165) is 64.2 Å². The van der Waals surface area contributed by atoms with Crippen molar-refractivity contribution in [2.75, 3.05) is 19.8 Å². The third-order valence-electron chi connectivity index (χ3n) is 18.6. The van der Waals surface area contributed by atoms with Crippen LogP contribution in [0.4, 0.5) is 0 Å². The van der Waals surface area contributed by atoms with E-state index in [0.29, 0.717) is 12.8 Å². The van der Waals surface area contributed by atoms with Crippen molar-refractivity contribution >= 4 is 5.91 Å². The second-order valence-corrected chi connectivity index (χ2v) is 26.8. The van der Waals surface area contributed by atoms with Gasteiger partial charge in [0, 0.05) is 6.42 Å². The molecule has 12 unspecified atom stereocenters. The van der Waals surface area contributed by atoms with Crippen molar-refractivity contribution in [3.63, 3.8) is 0 Å². The van der Waals surface area contributed by atoms with Gasteiger partial charge in [0.2, 0.25) is 5.91 Å². The number of carbonyl (C=O) groups excluding carboxylic acids is 1. The Morgan fingerprint density at radius 3 is 1.13 bits per heavy atom. The van der Waals surface area contributed by atoms with Crippen LogP contribution in [0.15, 0.2) is 36.5 Å². The molecule has 0 saturated carbocycles. The van der Waals surface area contributed by atoms with E-state index in [1.54, 1.807) is 0 Å². The van der Waals surface area contributed by atoms with Crippen molar-refractivity contribution in [1.82, 2.24) is 5.32 Å². The fraction of sp³-hybridized carbons (Fsp3) is 0.907. The van der Waals surface area contributed by atoms with Crippen LogP contribution in [-0.2, 0) is 23.7 Å². The zero-order valence-electron chi connectivity index (χ0n) is 57.2. The standard InChI is InChI=1S/C75H141NO13/c1-3-5-7-9-11-13-15-17-19-21-23-25-27-29-30-31-32-33-34-35-37-39-41-43-45-47-49-51-53-55-57-59-67(80)76-63(62-86-74-72(85)70(83)73(66(61-78)88-74)89-75-71(84)69(82)68(81)65(60-77)87-75)64(79)58-56-54-52-50-48-46-44-42-40-38-36-28-26-24-22-20-18-16-14-12-10-8-6-4-2/h15,17,21,23,27,29,63-66,68-75,77-79,81-85H,3-14,16,18-20,22,24-26,28,30-62H2,1-2H3,(H,76,80)/b17-15-,23-21-,29-27-. The fourth-order valence-corrected chi connectivity index (χ4v) is 12.6. The number of rotatable bonds is 63. The minimum atomic E-state index is -1.78. The Morgan fingerprint density at radius 2 is 0.742 bits per heavy atom. The van der Waals surface area contributed by atoms with E-state index in [1.807, 2.05) is 0 Å². The number of unbranched alkanes of at least 4 members (excludes halogenated alkanes) is 44. The molecule has 2 heterocycles. The summed E-state index contributed by atoms with van der Waals surface area (Å²) >= 11 is 0. The number of amides is 1. The Labute approximate surface area is 544 Å². The number of aliphatic hydroxyl groups excluding tert-OH is 8. The molecule has 2 aliphatic rings. The van der Waals surface area contributed by atoms with Crippen molar-refractivity contribution in [3.8, 4) is 0 Å². The van der Waals surface area contributed by atoms with Gasteiger partial charge in [-0.2, -0.15) is 0 Å². The first-order valence-corrected chi connectivity index (χ1v) is 37.7. The fourth-order valence-electron chi connectivity index (χ4n) is 12.6. The molecular formula is C75H141NO13. The molecule has 2 saturated heterocycles. The molecule has 9 N–H and O–H groups in total. The molecule has 0 aliphatic carbocycles. The maximum Gasteiger partial charge on any atom is 0.220 e. The van der Waals surface area contributed by atoms with Gasteiger partial charge >= 0.3 is 0 Å². The average molecular weight is 1260 g/mol. The number of allylic oxidation sites excluding steroid dienone is 6. The van der Waals surface area contributed by atoms with Gasteiger partial charge in [-0.1, -0.05) is 320 Å². The van der Waals surface area contributed by atoms with Gasteiger partial charge in [0.25, 0.3) is 0 Å². The van der Waals surface area contributed by atoms with E-state index in [-0.39, 0.29) is 12.5 Å². The molecule has 14 heteroatoms. The summed E-state index contributed by atoms with van der Waals surface area (Å²) in [5, 5.41) is 87.7. The Hall–Kier alpha value is -1.79. The zero-order valence-corrected chi connectivity index (χ0v) is 57.2. The molecule has 524 valence electrons. The van der Waals surface area contributed by atoms with Gasteiger partial charge in [-0.25, -0.2) is 0 Å². The molecule has 0 aromatic heterocycles. The summed E-state index contributed by atoms with van der Waals surface area (Å²) in [5.41, 5.74) is 0. The molecule has 14 nitrogen and oxygen atoms in total. The third kappa shape index (κ3) is 43.7. The van der Waals surface area contributed by atoms with E-state index < -0.39 is 86.8 Å². The van der Waals surface area contributed by atoms with Crippen LogP contribution < -0.4 is 5.32 Å². The number of nitrogens with one attached hydrogen (secondary N) is 1. The first kappa shape index (κ1) is 83.3. The lowest BCUT2D eigenvalue weighted by Gasteiger charge is -2.46. The summed E-state index contributed by atoms with van der Waals surface area (Å²) in [7, 11) is 0. The molecule has 0 radical (unpaired) electrons. The summed E-state index contributed by atoms with van der Waals surface area (Å²) in [5.74, 6) is -0.201. The molecule has 89 heavy (non-hydrogen) atoms. The van der Waals surface area contributed by atoms with Crippen LogP contribution in [0.2, 0.25) is 0 Å². The maximum absolute atomic E-state index is 13.4. The zero-order chi connectivity index (χ0) is 64.5. The van der Waals surface area contributed by atoms with Gasteiger partial charge in [-0.15, -0.1) is 0 Å². The smallest absolute Gasteiger partial charge is 0.220 e. The van der Waals surface area contributed by atoms with Crippen molar-refractivity contribution in [3.05, 3.63) is 36.5 Å². The molecule has 0 aromatic carbocycles. The van der Waals surface area contributed by atoms with E-state index in [2.05, 4.69) is 55.6 Å². The largest absolute Gasteiger partial charge is 0.394 e. The lowest BCUT2D eigenvalue weighted by atomic mass is 9.97. The predicted octanol–water partition coefficient (Wildman–Crippen LogP) is 16.1. The molecule has 2 aliphatic heterocycles.